The van der Waals surface area contributed by atoms with E-state index in [0.29, 0.717) is 24.5 Å². The van der Waals surface area contributed by atoms with Gasteiger partial charge in [-0.05, 0) is 67.8 Å². The maximum atomic E-state index is 13.4. The maximum Gasteiger partial charge on any atom is 0.322 e. The highest BCUT2D eigenvalue weighted by molar-refractivity contribution is 5.99. The van der Waals surface area contributed by atoms with E-state index >= 15 is 0 Å². The lowest BCUT2D eigenvalue weighted by Crippen LogP contribution is -2.41. The van der Waals surface area contributed by atoms with Crippen molar-refractivity contribution in [3.8, 4) is 22.6 Å². The fraction of sp³-hybridized carbons (Fsp3) is 0.233. The van der Waals surface area contributed by atoms with Gasteiger partial charge in [0, 0.05) is 17.8 Å². The Morgan fingerprint density at radius 3 is 2.34 bits per heavy atom. The molecule has 0 saturated heterocycles. The van der Waals surface area contributed by atoms with Gasteiger partial charge in [-0.1, -0.05) is 49.4 Å². The number of methoxy groups -OCH3 is 1. The standard InChI is InChI=1S/C30H33N5O3/c1-5-18-34(30(37)31-24-13-9-10-21(2)19-24)20-27(36)32-29-28(23-11-7-6-8-12-23)22(3)33-35(29)25-14-16-26(38-4)17-15-25/h6-17,19H,5,18,20H2,1-4H3,(H,31,37)(H,32,36). The number of carbonyl (C=O) groups is 2. The van der Waals surface area contributed by atoms with Gasteiger partial charge < -0.3 is 20.3 Å². The lowest BCUT2D eigenvalue weighted by Gasteiger charge is -2.22. The van der Waals surface area contributed by atoms with Crippen molar-refractivity contribution >= 4 is 23.4 Å². The second kappa shape index (κ2) is 12.1. The molecule has 8 heteroatoms. The Morgan fingerprint density at radius 2 is 1.68 bits per heavy atom. The summed E-state index contributed by atoms with van der Waals surface area (Å²) in [4.78, 5) is 28.0. The molecule has 3 amide bonds. The Labute approximate surface area is 223 Å². The van der Waals surface area contributed by atoms with Gasteiger partial charge in [-0.25, -0.2) is 9.48 Å². The molecular formula is C30H33N5O3. The number of nitrogens with zero attached hydrogens (tertiary/aromatic N) is 3. The van der Waals surface area contributed by atoms with Crippen LogP contribution in [-0.4, -0.2) is 46.8 Å². The van der Waals surface area contributed by atoms with Crippen molar-refractivity contribution in [2.45, 2.75) is 27.2 Å². The summed E-state index contributed by atoms with van der Waals surface area (Å²) in [6, 6.07) is 24.5. The zero-order valence-electron chi connectivity index (χ0n) is 22.2. The van der Waals surface area contributed by atoms with E-state index in [0.717, 1.165) is 33.8 Å². The fourth-order valence-corrected chi connectivity index (χ4v) is 4.30. The number of carbonyl (C=O) groups excluding carboxylic acids is 2. The Balaban J connectivity index is 1.62. The molecule has 196 valence electrons. The van der Waals surface area contributed by atoms with E-state index in [1.54, 1.807) is 11.8 Å². The number of amides is 3. The lowest BCUT2D eigenvalue weighted by atomic mass is 10.1. The molecule has 0 bridgehead atoms. The SMILES string of the molecule is CCCN(CC(=O)Nc1c(-c2ccccc2)c(C)nn1-c1ccc(OC)cc1)C(=O)Nc1cccc(C)c1. The van der Waals surface area contributed by atoms with E-state index in [1.165, 1.54) is 4.90 Å². The average molecular weight is 512 g/mol. The van der Waals surface area contributed by atoms with Crippen LogP contribution >= 0.6 is 0 Å². The summed E-state index contributed by atoms with van der Waals surface area (Å²) < 4.78 is 7.01. The third-order valence-electron chi connectivity index (χ3n) is 6.08. The summed E-state index contributed by atoms with van der Waals surface area (Å²) >= 11 is 0. The molecule has 0 aliphatic carbocycles. The van der Waals surface area contributed by atoms with Crippen LogP contribution in [0.1, 0.15) is 24.6 Å². The summed E-state index contributed by atoms with van der Waals surface area (Å²) in [5, 5.41) is 10.7. The number of hydrogen-bond acceptors (Lipinski definition) is 4. The molecule has 4 rings (SSSR count). The average Bonchev–Trinajstić information content (AvgIpc) is 3.24. The molecule has 0 unspecified atom stereocenters. The van der Waals surface area contributed by atoms with Gasteiger partial charge in [-0.15, -0.1) is 0 Å². The van der Waals surface area contributed by atoms with Gasteiger partial charge in [0.2, 0.25) is 5.91 Å². The van der Waals surface area contributed by atoms with E-state index in [2.05, 4.69) is 10.6 Å². The third kappa shape index (κ3) is 6.21. The molecule has 0 aliphatic heterocycles. The number of rotatable bonds is 9. The molecule has 38 heavy (non-hydrogen) atoms. The van der Waals surface area contributed by atoms with Gasteiger partial charge in [0.25, 0.3) is 0 Å². The summed E-state index contributed by atoms with van der Waals surface area (Å²) in [5.74, 6) is 0.949. The van der Waals surface area contributed by atoms with Gasteiger partial charge in [0.15, 0.2) is 0 Å². The van der Waals surface area contributed by atoms with Crippen LogP contribution in [0.5, 0.6) is 5.75 Å². The number of benzene rings is 3. The second-order valence-corrected chi connectivity index (χ2v) is 9.05. The van der Waals surface area contributed by atoms with E-state index in [-0.39, 0.29) is 18.5 Å². The van der Waals surface area contributed by atoms with Gasteiger partial charge in [-0.3, -0.25) is 4.79 Å². The van der Waals surface area contributed by atoms with Crippen LogP contribution < -0.4 is 15.4 Å². The van der Waals surface area contributed by atoms with Gasteiger partial charge in [0.05, 0.1) is 18.5 Å². The van der Waals surface area contributed by atoms with Gasteiger partial charge in [0.1, 0.15) is 18.1 Å². The minimum atomic E-state index is -0.323. The third-order valence-corrected chi connectivity index (χ3v) is 6.08. The molecule has 0 aliphatic rings. The molecule has 4 aromatic rings. The van der Waals surface area contributed by atoms with Gasteiger partial charge in [-0.2, -0.15) is 5.10 Å². The number of urea groups is 1. The highest BCUT2D eigenvalue weighted by Gasteiger charge is 2.23. The summed E-state index contributed by atoms with van der Waals surface area (Å²) in [6.07, 6.45) is 0.715. The first kappa shape index (κ1) is 26.5. The topological polar surface area (TPSA) is 88.5 Å². The predicted octanol–water partition coefficient (Wildman–Crippen LogP) is 6.05. The van der Waals surface area contributed by atoms with Crippen molar-refractivity contribution in [2.75, 3.05) is 30.8 Å². The maximum absolute atomic E-state index is 13.4. The number of anilines is 2. The van der Waals surface area contributed by atoms with Crippen molar-refractivity contribution in [3.63, 3.8) is 0 Å². The number of nitrogens with one attached hydrogen (secondary N) is 2. The molecule has 8 nitrogen and oxygen atoms in total. The zero-order valence-corrected chi connectivity index (χ0v) is 22.2. The molecule has 0 spiro atoms. The van der Waals surface area contributed by atoms with E-state index < -0.39 is 0 Å². The molecule has 2 N–H and O–H groups in total. The van der Waals surface area contributed by atoms with E-state index in [1.807, 2.05) is 99.6 Å². The number of ether oxygens (including phenoxy) is 1. The monoisotopic (exact) mass is 511 g/mol. The summed E-state index contributed by atoms with van der Waals surface area (Å²) in [7, 11) is 1.61. The minimum Gasteiger partial charge on any atom is -0.497 e. The number of aryl methyl sites for hydroxylation is 2. The highest BCUT2D eigenvalue weighted by atomic mass is 16.5. The Morgan fingerprint density at radius 1 is 0.947 bits per heavy atom. The van der Waals surface area contributed by atoms with Crippen LogP contribution in [0.4, 0.5) is 16.3 Å². The normalized spacial score (nSPS) is 10.6. The molecule has 0 saturated carbocycles. The van der Waals surface area contributed by atoms with Crippen molar-refractivity contribution in [2.24, 2.45) is 0 Å². The highest BCUT2D eigenvalue weighted by Crippen LogP contribution is 2.33. The van der Waals surface area contributed by atoms with Crippen LogP contribution in [-0.2, 0) is 4.79 Å². The minimum absolute atomic E-state index is 0.105. The molecule has 3 aromatic carbocycles. The quantitative estimate of drug-likeness (QED) is 0.286. The van der Waals surface area contributed by atoms with Crippen molar-refractivity contribution < 1.29 is 14.3 Å². The summed E-state index contributed by atoms with van der Waals surface area (Å²) in [6.45, 7) is 6.18. The molecule has 0 fully saturated rings. The van der Waals surface area contributed by atoms with Crippen LogP contribution in [0.3, 0.4) is 0 Å². The van der Waals surface area contributed by atoms with Crippen LogP contribution in [0.15, 0.2) is 78.9 Å². The Hall–Kier alpha value is -4.59. The summed E-state index contributed by atoms with van der Waals surface area (Å²) in [5.41, 5.74) is 5.02. The van der Waals surface area contributed by atoms with Crippen molar-refractivity contribution in [1.29, 1.82) is 0 Å². The van der Waals surface area contributed by atoms with Crippen LogP contribution in [0.25, 0.3) is 16.8 Å². The molecule has 1 aromatic heterocycles. The van der Waals surface area contributed by atoms with Gasteiger partial charge >= 0.3 is 6.03 Å². The first-order chi connectivity index (χ1) is 18.4. The first-order valence-electron chi connectivity index (χ1n) is 12.6. The number of hydrogen-bond donors (Lipinski definition) is 2. The van der Waals surface area contributed by atoms with Crippen LogP contribution in [0, 0.1) is 13.8 Å². The van der Waals surface area contributed by atoms with E-state index in [9.17, 15) is 9.59 Å². The second-order valence-electron chi connectivity index (χ2n) is 9.05. The van der Waals surface area contributed by atoms with E-state index in [4.69, 9.17) is 9.84 Å². The number of aromatic nitrogens is 2. The van der Waals surface area contributed by atoms with Crippen LogP contribution in [0.2, 0.25) is 0 Å². The smallest absolute Gasteiger partial charge is 0.322 e. The lowest BCUT2D eigenvalue weighted by molar-refractivity contribution is -0.116. The fourth-order valence-electron chi connectivity index (χ4n) is 4.30. The van der Waals surface area contributed by atoms with Crippen molar-refractivity contribution in [1.82, 2.24) is 14.7 Å². The molecular weight excluding hydrogens is 478 g/mol. The molecule has 1 heterocycles. The predicted molar refractivity (Wildman–Crippen MR) is 151 cm³/mol. The Bertz CT molecular complexity index is 1400. The molecule has 0 radical (unpaired) electrons. The largest absolute Gasteiger partial charge is 0.497 e. The molecule has 0 atom stereocenters. The first-order valence-corrected chi connectivity index (χ1v) is 12.6. The Kier molecular flexibility index (Phi) is 8.43. The zero-order chi connectivity index (χ0) is 27.1. The van der Waals surface area contributed by atoms with Crippen molar-refractivity contribution in [3.05, 3.63) is 90.1 Å².